The molecule has 0 amide bonds. The fourth-order valence-electron chi connectivity index (χ4n) is 1.89. The van der Waals surface area contributed by atoms with Gasteiger partial charge in [0.05, 0.1) is 13.2 Å². The molecule has 0 aromatic heterocycles. The summed E-state index contributed by atoms with van der Waals surface area (Å²) in [5, 5.41) is 10.7. The first-order chi connectivity index (χ1) is 10.1. The first kappa shape index (κ1) is 16.1. The summed E-state index contributed by atoms with van der Waals surface area (Å²) >= 11 is 7.36. The van der Waals surface area contributed by atoms with E-state index >= 15 is 0 Å². The average molecular weight is 327 g/mol. The quantitative estimate of drug-likeness (QED) is 0.807. The van der Waals surface area contributed by atoms with Crippen LogP contribution in [0.4, 0.5) is 4.39 Å². The molecule has 5 heteroatoms. The van der Waals surface area contributed by atoms with Gasteiger partial charge in [0.2, 0.25) is 0 Å². The number of methoxy groups -OCH3 is 1. The number of benzene rings is 2. The molecular weight excluding hydrogens is 311 g/mol. The standard InChI is InChI=1S/C16H16ClFO2S/c1-20-16-7-2-11(9-15(16)18)8-13(19)10-21-14-5-3-12(17)4-6-14/h2-7,9,13,19H,8,10H2,1H3. The Morgan fingerprint density at radius 2 is 1.95 bits per heavy atom. The van der Waals surface area contributed by atoms with Gasteiger partial charge in [-0.3, -0.25) is 0 Å². The summed E-state index contributed by atoms with van der Waals surface area (Å²) in [5.41, 5.74) is 0.748. The summed E-state index contributed by atoms with van der Waals surface area (Å²) in [6, 6.07) is 12.2. The van der Waals surface area contributed by atoms with Gasteiger partial charge in [-0.25, -0.2) is 4.39 Å². The first-order valence-corrected chi connectivity index (χ1v) is 7.83. The molecule has 0 spiro atoms. The van der Waals surface area contributed by atoms with Crippen molar-refractivity contribution < 1.29 is 14.2 Å². The molecular formula is C16H16ClFO2S. The number of halogens is 2. The molecule has 2 aromatic carbocycles. The molecule has 0 heterocycles. The molecule has 0 saturated carbocycles. The number of ether oxygens (including phenoxy) is 1. The van der Waals surface area contributed by atoms with Crippen LogP contribution in [0.5, 0.6) is 5.75 Å². The van der Waals surface area contributed by atoms with Crippen LogP contribution < -0.4 is 4.74 Å². The summed E-state index contributed by atoms with van der Waals surface area (Å²) in [6.07, 6.45) is -0.139. The van der Waals surface area contributed by atoms with E-state index in [1.54, 1.807) is 23.9 Å². The van der Waals surface area contributed by atoms with Crippen molar-refractivity contribution in [1.82, 2.24) is 0 Å². The lowest BCUT2D eigenvalue weighted by Crippen LogP contribution is -2.13. The van der Waals surface area contributed by atoms with Gasteiger partial charge in [-0.2, -0.15) is 0 Å². The smallest absolute Gasteiger partial charge is 0.165 e. The minimum absolute atomic E-state index is 0.212. The lowest BCUT2D eigenvalue weighted by Gasteiger charge is -2.11. The van der Waals surface area contributed by atoms with Crippen molar-refractivity contribution in [3.05, 3.63) is 58.9 Å². The van der Waals surface area contributed by atoms with E-state index in [4.69, 9.17) is 16.3 Å². The van der Waals surface area contributed by atoms with Crippen molar-refractivity contribution in [3.8, 4) is 5.75 Å². The second-order valence-electron chi connectivity index (χ2n) is 4.59. The van der Waals surface area contributed by atoms with Crippen LogP contribution in [0.15, 0.2) is 47.4 Å². The van der Waals surface area contributed by atoms with E-state index in [9.17, 15) is 9.50 Å². The summed E-state index contributed by atoms with van der Waals surface area (Å²) in [4.78, 5) is 1.04. The highest BCUT2D eigenvalue weighted by Gasteiger charge is 2.09. The van der Waals surface area contributed by atoms with E-state index in [1.807, 2.05) is 24.3 Å². The van der Waals surface area contributed by atoms with Gasteiger partial charge in [0.1, 0.15) is 0 Å². The van der Waals surface area contributed by atoms with Crippen molar-refractivity contribution in [1.29, 1.82) is 0 Å². The maximum atomic E-state index is 13.6. The van der Waals surface area contributed by atoms with Gasteiger partial charge in [-0.05, 0) is 48.4 Å². The Hall–Kier alpha value is -1.23. The van der Waals surface area contributed by atoms with Crippen LogP contribution >= 0.6 is 23.4 Å². The van der Waals surface area contributed by atoms with E-state index in [1.165, 1.54) is 13.2 Å². The average Bonchev–Trinajstić information content (AvgIpc) is 2.47. The highest BCUT2D eigenvalue weighted by molar-refractivity contribution is 7.99. The van der Waals surface area contributed by atoms with Crippen LogP contribution in [0.25, 0.3) is 0 Å². The van der Waals surface area contributed by atoms with E-state index in [2.05, 4.69) is 0 Å². The second kappa shape index (κ2) is 7.69. The maximum Gasteiger partial charge on any atom is 0.165 e. The Bertz CT molecular complexity index is 589. The normalized spacial score (nSPS) is 12.2. The Morgan fingerprint density at radius 3 is 2.57 bits per heavy atom. The lowest BCUT2D eigenvalue weighted by atomic mass is 10.1. The minimum Gasteiger partial charge on any atom is -0.494 e. The van der Waals surface area contributed by atoms with Gasteiger partial charge >= 0.3 is 0 Å². The fourth-order valence-corrected chi connectivity index (χ4v) is 2.85. The third kappa shape index (κ3) is 4.92. The topological polar surface area (TPSA) is 29.5 Å². The largest absolute Gasteiger partial charge is 0.494 e. The first-order valence-electron chi connectivity index (χ1n) is 6.47. The number of aliphatic hydroxyl groups is 1. The molecule has 1 unspecified atom stereocenters. The van der Waals surface area contributed by atoms with Crippen molar-refractivity contribution in [3.63, 3.8) is 0 Å². The highest BCUT2D eigenvalue weighted by atomic mass is 35.5. The third-order valence-electron chi connectivity index (χ3n) is 2.94. The predicted octanol–water partition coefficient (Wildman–Crippen LogP) is 4.18. The monoisotopic (exact) mass is 326 g/mol. The molecule has 0 aliphatic rings. The van der Waals surface area contributed by atoms with Crippen LogP contribution in [0.1, 0.15) is 5.56 Å². The summed E-state index contributed by atoms with van der Waals surface area (Å²) in [5.74, 6) is 0.339. The van der Waals surface area contributed by atoms with Crippen LogP contribution in [0.2, 0.25) is 5.02 Å². The molecule has 112 valence electrons. The molecule has 0 aliphatic carbocycles. The van der Waals surface area contributed by atoms with Crippen LogP contribution in [-0.2, 0) is 6.42 Å². The second-order valence-corrected chi connectivity index (χ2v) is 6.12. The van der Waals surface area contributed by atoms with E-state index in [-0.39, 0.29) is 5.75 Å². The molecule has 0 saturated heterocycles. The number of thioether (sulfide) groups is 1. The van der Waals surface area contributed by atoms with Gasteiger partial charge in [0, 0.05) is 15.7 Å². The van der Waals surface area contributed by atoms with Gasteiger partial charge in [-0.1, -0.05) is 17.7 Å². The minimum atomic E-state index is -0.543. The molecule has 2 rings (SSSR count). The van der Waals surface area contributed by atoms with Gasteiger partial charge in [0.25, 0.3) is 0 Å². The molecule has 0 aliphatic heterocycles. The number of aliphatic hydroxyl groups excluding tert-OH is 1. The predicted molar refractivity (Wildman–Crippen MR) is 84.8 cm³/mol. The summed E-state index contributed by atoms with van der Waals surface area (Å²) < 4.78 is 18.4. The summed E-state index contributed by atoms with van der Waals surface area (Å²) in [7, 11) is 1.43. The fraction of sp³-hybridized carbons (Fsp3) is 0.250. The Balaban J connectivity index is 1.88. The molecule has 1 N–H and O–H groups in total. The maximum absolute atomic E-state index is 13.6. The van der Waals surface area contributed by atoms with Crippen molar-refractivity contribution in [2.75, 3.05) is 12.9 Å². The molecule has 0 bridgehead atoms. The van der Waals surface area contributed by atoms with Gasteiger partial charge < -0.3 is 9.84 Å². The van der Waals surface area contributed by atoms with Gasteiger partial charge in [0.15, 0.2) is 11.6 Å². The third-order valence-corrected chi connectivity index (χ3v) is 4.35. The molecule has 0 radical (unpaired) electrons. The zero-order valence-corrected chi connectivity index (χ0v) is 13.1. The molecule has 2 nitrogen and oxygen atoms in total. The van der Waals surface area contributed by atoms with Crippen molar-refractivity contribution in [2.45, 2.75) is 17.4 Å². The Labute approximate surface area is 132 Å². The van der Waals surface area contributed by atoms with Crippen LogP contribution in [0.3, 0.4) is 0 Å². The van der Waals surface area contributed by atoms with Crippen LogP contribution in [0, 0.1) is 5.82 Å². The number of hydrogen-bond donors (Lipinski definition) is 1. The Kier molecular flexibility index (Phi) is 5.91. The number of rotatable bonds is 6. The van der Waals surface area contributed by atoms with E-state index < -0.39 is 11.9 Å². The van der Waals surface area contributed by atoms with Crippen LogP contribution in [-0.4, -0.2) is 24.1 Å². The molecule has 0 fully saturated rings. The number of hydrogen-bond acceptors (Lipinski definition) is 3. The van der Waals surface area contributed by atoms with Crippen molar-refractivity contribution in [2.24, 2.45) is 0 Å². The SMILES string of the molecule is COc1ccc(CC(O)CSc2ccc(Cl)cc2)cc1F. The Morgan fingerprint density at radius 1 is 1.24 bits per heavy atom. The molecule has 1 atom stereocenters. The highest BCUT2D eigenvalue weighted by Crippen LogP contribution is 2.23. The zero-order valence-electron chi connectivity index (χ0n) is 11.6. The van der Waals surface area contributed by atoms with E-state index in [0.29, 0.717) is 17.2 Å². The van der Waals surface area contributed by atoms with Crippen molar-refractivity contribution >= 4 is 23.4 Å². The van der Waals surface area contributed by atoms with Gasteiger partial charge in [-0.15, -0.1) is 11.8 Å². The molecule has 2 aromatic rings. The zero-order chi connectivity index (χ0) is 15.2. The summed E-state index contributed by atoms with van der Waals surface area (Å²) in [6.45, 7) is 0. The van der Waals surface area contributed by atoms with E-state index in [0.717, 1.165) is 10.5 Å². The molecule has 21 heavy (non-hydrogen) atoms. The lowest BCUT2D eigenvalue weighted by molar-refractivity contribution is 0.200.